The van der Waals surface area contributed by atoms with Crippen LogP contribution in [-0.2, 0) is 4.79 Å². The second-order valence-electron chi connectivity index (χ2n) is 5.77. The van der Waals surface area contributed by atoms with Gasteiger partial charge in [-0.25, -0.2) is 4.79 Å². The Kier molecular flexibility index (Phi) is 20.0. The molecule has 0 saturated carbocycles. The first-order chi connectivity index (χ1) is 11.9. The number of rotatable bonds is 8. The van der Waals surface area contributed by atoms with Crippen LogP contribution >= 0.6 is 0 Å². The number of aliphatic hydroxyl groups excluding tert-OH is 1. The van der Waals surface area contributed by atoms with Crippen LogP contribution in [0.3, 0.4) is 0 Å². The van der Waals surface area contributed by atoms with Crippen molar-refractivity contribution < 1.29 is 15.0 Å². The minimum absolute atomic E-state index is 0.403. The van der Waals surface area contributed by atoms with Crippen molar-refractivity contribution in [1.82, 2.24) is 0 Å². The molecule has 0 aliphatic rings. The van der Waals surface area contributed by atoms with Crippen LogP contribution in [0, 0.1) is 0 Å². The third-order valence-electron chi connectivity index (χ3n) is 4.35. The molecule has 1 atom stereocenters. The molecule has 0 aromatic heterocycles. The number of carboxylic acid groups (broad SMARTS) is 1. The zero-order chi connectivity index (χ0) is 19.7. The maximum Gasteiger partial charge on any atom is 0.337 e. The molecule has 0 spiro atoms. The SMILES string of the molecule is C[CH2][Ge]([CH2]C)[CH2]C.C[CH2][Ge]([CH2]C)[CH2]C.O=C(O)C(O)c1ccccc1. The minimum atomic E-state index is -1.41. The summed E-state index contributed by atoms with van der Waals surface area (Å²) >= 11 is -0.806. The molecule has 5 heteroatoms. The smallest absolute Gasteiger partial charge is 0.337 e. The molecule has 1 aromatic carbocycles. The van der Waals surface area contributed by atoms with Crippen LogP contribution in [0.1, 0.15) is 53.2 Å². The van der Waals surface area contributed by atoms with Gasteiger partial charge in [0.1, 0.15) is 0 Å². The van der Waals surface area contributed by atoms with E-state index in [0.717, 1.165) is 0 Å². The molecule has 1 unspecified atom stereocenters. The Morgan fingerprint density at radius 2 is 1.12 bits per heavy atom. The first kappa shape index (κ1) is 27.0. The van der Waals surface area contributed by atoms with Crippen molar-refractivity contribution in [2.45, 2.75) is 79.2 Å². The molecular weight excluding hydrogens is 433 g/mol. The molecule has 0 aliphatic carbocycles. The first-order valence-electron chi connectivity index (χ1n) is 9.54. The van der Waals surface area contributed by atoms with Gasteiger partial charge >= 0.3 is 108 Å². The van der Waals surface area contributed by atoms with Crippen molar-refractivity contribution in [3.05, 3.63) is 35.9 Å². The van der Waals surface area contributed by atoms with Crippen molar-refractivity contribution in [1.29, 1.82) is 0 Å². The van der Waals surface area contributed by atoms with Gasteiger partial charge in [0.15, 0.2) is 6.10 Å². The summed E-state index contributed by atoms with van der Waals surface area (Å²) in [5.41, 5.74) is 0.403. The van der Waals surface area contributed by atoms with Crippen LogP contribution in [0.15, 0.2) is 30.3 Å². The van der Waals surface area contributed by atoms with Gasteiger partial charge in [-0.2, -0.15) is 0 Å². The number of aliphatic hydroxyl groups is 1. The molecule has 0 bridgehead atoms. The second-order valence-corrected chi connectivity index (χ2v) is 21.0. The summed E-state index contributed by atoms with van der Waals surface area (Å²) in [6, 6.07) is 8.26. The summed E-state index contributed by atoms with van der Waals surface area (Å²) in [5, 5.41) is 26.5. The Labute approximate surface area is 164 Å². The Morgan fingerprint density at radius 1 is 0.800 bits per heavy atom. The second kappa shape index (κ2) is 18.5. The van der Waals surface area contributed by atoms with E-state index in [1.165, 1.54) is 31.5 Å². The number of hydrogen-bond donors (Lipinski definition) is 2. The molecule has 2 radical (unpaired) electrons. The third-order valence-corrected chi connectivity index (χ3v) is 16.9. The fourth-order valence-corrected chi connectivity index (χ4v) is 8.57. The number of carbonyl (C=O) groups is 1. The molecule has 0 aliphatic heterocycles. The van der Waals surface area contributed by atoms with Gasteiger partial charge in [-0.05, 0) is 5.56 Å². The Bertz CT molecular complexity index is 382. The van der Waals surface area contributed by atoms with Gasteiger partial charge in [0.2, 0.25) is 0 Å². The first-order valence-corrected chi connectivity index (χ1v) is 18.4. The van der Waals surface area contributed by atoms with Crippen LogP contribution in [0.4, 0.5) is 0 Å². The summed E-state index contributed by atoms with van der Waals surface area (Å²) in [5.74, 6) is -1.23. The summed E-state index contributed by atoms with van der Waals surface area (Å²) in [6.45, 7) is 14.0. The number of carboxylic acids is 1. The Hall–Kier alpha value is -0.264. The third kappa shape index (κ3) is 14.6. The predicted octanol–water partition coefficient (Wildman–Crippen LogP) is 5.89. The number of benzene rings is 1. The maximum atomic E-state index is 10.2. The van der Waals surface area contributed by atoms with Crippen molar-refractivity contribution in [2.75, 3.05) is 0 Å². The van der Waals surface area contributed by atoms with E-state index < -0.39 is 40.8 Å². The van der Waals surface area contributed by atoms with Crippen molar-refractivity contribution >= 4 is 34.7 Å². The average Bonchev–Trinajstić information content (AvgIpc) is 2.65. The van der Waals surface area contributed by atoms with E-state index in [1.54, 1.807) is 30.3 Å². The standard InChI is InChI=1S/C8H8O3.2C6H15Ge/c9-7(8(10)11)6-4-2-1-3-5-6;2*1-4-7(5-2)6-3/h1-5,7,9H,(H,10,11);2*4-6H2,1-3H3. The molecule has 0 amide bonds. The van der Waals surface area contributed by atoms with E-state index in [9.17, 15) is 4.79 Å². The number of aliphatic carboxylic acids is 1. The predicted molar refractivity (Wildman–Crippen MR) is 113 cm³/mol. The fraction of sp³-hybridized carbons (Fsp3) is 0.650. The van der Waals surface area contributed by atoms with E-state index in [2.05, 4.69) is 41.5 Å². The zero-order valence-corrected chi connectivity index (χ0v) is 21.2. The molecule has 1 rings (SSSR count). The summed E-state index contributed by atoms with van der Waals surface area (Å²) in [4.78, 5) is 10.2. The van der Waals surface area contributed by atoms with E-state index in [0.29, 0.717) is 5.56 Å². The van der Waals surface area contributed by atoms with Gasteiger partial charge in [0.25, 0.3) is 0 Å². The summed E-state index contributed by atoms with van der Waals surface area (Å²) in [6.07, 6.45) is -1.41. The topological polar surface area (TPSA) is 57.5 Å². The monoisotopic (exact) mass is 474 g/mol. The van der Waals surface area contributed by atoms with Gasteiger partial charge in [-0.1, -0.05) is 30.3 Å². The van der Waals surface area contributed by atoms with Crippen LogP contribution in [0.25, 0.3) is 0 Å². The molecule has 2 N–H and O–H groups in total. The Morgan fingerprint density at radius 3 is 1.32 bits per heavy atom. The molecule has 0 saturated heterocycles. The van der Waals surface area contributed by atoms with E-state index in [4.69, 9.17) is 10.2 Å². The van der Waals surface area contributed by atoms with E-state index >= 15 is 0 Å². The zero-order valence-electron chi connectivity index (χ0n) is 17.0. The van der Waals surface area contributed by atoms with Crippen molar-refractivity contribution in [2.24, 2.45) is 0 Å². The molecule has 3 nitrogen and oxygen atoms in total. The van der Waals surface area contributed by atoms with Crippen LogP contribution < -0.4 is 0 Å². The van der Waals surface area contributed by atoms with Gasteiger partial charge in [0.05, 0.1) is 0 Å². The van der Waals surface area contributed by atoms with Crippen LogP contribution in [-0.4, -0.2) is 44.9 Å². The molecule has 1 aromatic rings. The van der Waals surface area contributed by atoms with Gasteiger partial charge in [-0.3, -0.25) is 0 Å². The normalized spacial score (nSPS) is 11.2. The molecule has 144 valence electrons. The summed E-state index contributed by atoms with van der Waals surface area (Å²) in [7, 11) is 0. The maximum absolute atomic E-state index is 10.2. The largest absolute Gasteiger partial charge is 0.479 e. The molecule has 0 heterocycles. The molecule has 25 heavy (non-hydrogen) atoms. The van der Waals surface area contributed by atoms with Gasteiger partial charge < -0.3 is 10.2 Å². The number of hydrogen-bond acceptors (Lipinski definition) is 2. The van der Waals surface area contributed by atoms with Crippen LogP contribution in [0.5, 0.6) is 0 Å². The van der Waals surface area contributed by atoms with E-state index in [-0.39, 0.29) is 0 Å². The van der Waals surface area contributed by atoms with Crippen LogP contribution in [0.2, 0.25) is 31.5 Å². The Balaban J connectivity index is 0. The quantitative estimate of drug-likeness (QED) is 0.465. The van der Waals surface area contributed by atoms with Gasteiger partial charge in [-0.15, -0.1) is 0 Å². The van der Waals surface area contributed by atoms with Crippen molar-refractivity contribution in [3.63, 3.8) is 0 Å². The fourth-order valence-electron chi connectivity index (χ4n) is 2.28. The van der Waals surface area contributed by atoms with Gasteiger partial charge in [0, 0.05) is 0 Å². The van der Waals surface area contributed by atoms with E-state index in [1.807, 2.05) is 0 Å². The molecule has 0 fully saturated rings. The molecular formula is C20H38Ge2O3. The van der Waals surface area contributed by atoms with Crippen molar-refractivity contribution in [3.8, 4) is 0 Å². The average molecular weight is 472 g/mol. The summed E-state index contributed by atoms with van der Waals surface area (Å²) < 4.78 is 0. The minimum Gasteiger partial charge on any atom is -0.479 e.